The molecule has 0 aliphatic heterocycles. The Morgan fingerprint density at radius 3 is 1.39 bits per heavy atom. The van der Waals surface area contributed by atoms with Gasteiger partial charge in [0.15, 0.2) is 0 Å². The van der Waals surface area contributed by atoms with Crippen LogP contribution in [0.15, 0.2) is 58.1 Å². The molecule has 2 heteroatoms. The summed E-state index contributed by atoms with van der Waals surface area (Å²) in [5.41, 5.74) is 12.7. The Kier molecular flexibility index (Phi) is 7.26. The minimum absolute atomic E-state index is 0.317. The standard InChI is InChI=1S/C26H28B.3CH3.Sn/c1-18-14-20(3)25(21(4)15-18)27(13-12-24-10-8-7-9-11-24)26-22(5)16-19(2)17-23(26)6;;;;/h7-12,14-17H,1-6H3;3*1H3;. The molecular weight excluding hydrogens is 478 g/mol. The van der Waals surface area contributed by atoms with Crippen molar-refractivity contribution in [1.82, 2.24) is 0 Å². The van der Waals surface area contributed by atoms with Crippen LogP contribution in [-0.4, -0.2) is 25.1 Å². The quantitative estimate of drug-likeness (QED) is 0.334. The van der Waals surface area contributed by atoms with Gasteiger partial charge in [-0.3, -0.25) is 0 Å². The van der Waals surface area contributed by atoms with Gasteiger partial charge in [0.05, 0.1) is 0 Å². The van der Waals surface area contributed by atoms with Gasteiger partial charge in [-0.1, -0.05) is 0 Å². The Balaban J connectivity index is 2.42. The van der Waals surface area contributed by atoms with E-state index >= 15 is 0 Å². The van der Waals surface area contributed by atoms with Gasteiger partial charge in [-0.2, -0.15) is 0 Å². The van der Waals surface area contributed by atoms with E-state index in [1.54, 1.807) is 3.49 Å². The van der Waals surface area contributed by atoms with E-state index in [0.29, 0.717) is 6.71 Å². The van der Waals surface area contributed by atoms with Crippen LogP contribution in [0.2, 0.25) is 14.8 Å². The van der Waals surface area contributed by atoms with Crippen molar-refractivity contribution in [3.8, 4) is 0 Å². The summed E-state index contributed by atoms with van der Waals surface area (Å²) in [6, 6.07) is 20.4. The fourth-order valence-corrected chi connectivity index (χ4v) is 10.2. The zero-order chi connectivity index (χ0) is 22.9. The van der Waals surface area contributed by atoms with Crippen molar-refractivity contribution in [1.29, 1.82) is 0 Å². The van der Waals surface area contributed by atoms with Gasteiger partial charge in [-0.25, -0.2) is 0 Å². The number of benzene rings is 3. The Morgan fingerprint density at radius 1 is 0.645 bits per heavy atom. The molecule has 31 heavy (non-hydrogen) atoms. The van der Waals surface area contributed by atoms with Crippen molar-refractivity contribution < 1.29 is 0 Å². The zero-order valence-electron chi connectivity index (χ0n) is 20.9. The van der Waals surface area contributed by atoms with E-state index in [0.717, 1.165) is 0 Å². The molecule has 0 radical (unpaired) electrons. The molecule has 0 heterocycles. The van der Waals surface area contributed by atoms with Gasteiger partial charge in [0, 0.05) is 0 Å². The zero-order valence-corrected chi connectivity index (χ0v) is 23.7. The van der Waals surface area contributed by atoms with Gasteiger partial charge in [0.25, 0.3) is 0 Å². The van der Waals surface area contributed by atoms with Crippen LogP contribution in [0.5, 0.6) is 0 Å². The van der Waals surface area contributed by atoms with Gasteiger partial charge >= 0.3 is 195 Å². The van der Waals surface area contributed by atoms with E-state index in [1.165, 1.54) is 49.9 Å². The fraction of sp³-hybridized carbons (Fsp3) is 0.310. The second-order valence-electron chi connectivity index (χ2n) is 10.3. The molecule has 0 spiro atoms. The molecule has 0 unspecified atom stereocenters. The van der Waals surface area contributed by atoms with Crippen molar-refractivity contribution in [3.63, 3.8) is 0 Å². The molecule has 0 atom stereocenters. The second-order valence-corrected chi connectivity index (χ2v) is 24.8. The SMILES string of the molecule is Cc1cc(C)c(B(/[C](=C/c2ccccc2)[Sn]([CH3])([CH3])[CH3])c2c(C)cc(C)cc2C)c(C)c1. The molecule has 3 rings (SSSR count). The van der Waals surface area contributed by atoms with Crippen LogP contribution in [0.25, 0.3) is 6.08 Å². The monoisotopic (exact) mass is 516 g/mol. The van der Waals surface area contributed by atoms with E-state index in [2.05, 4.69) is 117 Å². The predicted octanol–water partition coefficient (Wildman–Crippen LogP) is 6.65. The molecule has 0 bridgehead atoms. The molecule has 0 aliphatic carbocycles. The van der Waals surface area contributed by atoms with Gasteiger partial charge in [-0.15, -0.1) is 0 Å². The Hall–Kier alpha value is -1.74. The van der Waals surface area contributed by atoms with E-state index in [9.17, 15) is 0 Å². The van der Waals surface area contributed by atoms with Crippen LogP contribution in [-0.2, 0) is 0 Å². The van der Waals surface area contributed by atoms with Gasteiger partial charge in [0.1, 0.15) is 0 Å². The third-order valence-corrected chi connectivity index (χ3v) is 12.5. The third-order valence-electron chi connectivity index (χ3n) is 6.35. The van der Waals surface area contributed by atoms with Crippen molar-refractivity contribution in [2.75, 3.05) is 0 Å². The first-order valence-electron chi connectivity index (χ1n) is 11.4. The minimum atomic E-state index is -2.51. The average molecular weight is 515 g/mol. The molecule has 0 N–H and O–H groups in total. The van der Waals surface area contributed by atoms with E-state index in [1.807, 2.05) is 0 Å². The number of hydrogen-bond donors (Lipinski definition) is 0. The molecule has 0 amide bonds. The topological polar surface area (TPSA) is 0 Å². The Bertz CT molecular complexity index is 1010. The molecule has 3 aromatic carbocycles. The number of aryl methyl sites for hydroxylation is 6. The summed E-state index contributed by atoms with van der Waals surface area (Å²) < 4.78 is 1.67. The second kappa shape index (κ2) is 9.40. The summed E-state index contributed by atoms with van der Waals surface area (Å²) in [6.45, 7) is 14.0. The van der Waals surface area contributed by atoms with Crippen LogP contribution in [0, 0.1) is 41.5 Å². The summed E-state index contributed by atoms with van der Waals surface area (Å²) in [7, 11) is 0. The van der Waals surface area contributed by atoms with E-state index < -0.39 is 18.4 Å². The van der Waals surface area contributed by atoms with Crippen molar-refractivity contribution in [2.24, 2.45) is 0 Å². The third kappa shape index (κ3) is 5.37. The van der Waals surface area contributed by atoms with Crippen molar-refractivity contribution >= 4 is 42.1 Å². The summed E-state index contributed by atoms with van der Waals surface area (Å²) >= 11 is -2.51. The first-order valence-corrected chi connectivity index (χ1v) is 21.4. The summed E-state index contributed by atoms with van der Waals surface area (Å²) in [5, 5.41) is 0. The molecule has 0 saturated carbocycles. The van der Waals surface area contributed by atoms with Crippen LogP contribution in [0.1, 0.15) is 38.9 Å². The first kappa shape index (κ1) is 23.9. The summed E-state index contributed by atoms with van der Waals surface area (Å²) in [6.07, 6.45) is 2.53. The molecule has 0 saturated heterocycles. The first-order chi connectivity index (χ1) is 14.5. The summed E-state index contributed by atoms with van der Waals surface area (Å²) in [5.74, 6) is 0. The predicted molar refractivity (Wildman–Crippen MR) is 144 cm³/mol. The molecule has 0 aromatic heterocycles. The molecule has 0 aliphatic rings. The Labute approximate surface area is 194 Å². The van der Waals surface area contributed by atoms with Gasteiger partial charge in [-0.05, 0) is 0 Å². The number of hydrogen-bond acceptors (Lipinski definition) is 0. The summed E-state index contributed by atoms with van der Waals surface area (Å²) in [4.78, 5) is 7.69. The molecule has 0 fully saturated rings. The normalized spacial score (nSPS) is 12.2. The van der Waals surface area contributed by atoms with E-state index in [-0.39, 0.29) is 0 Å². The molecule has 3 aromatic rings. The van der Waals surface area contributed by atoms with Crippen molar-refractivity contribution in [3.05, 3.63) is 97.0 Å². The van der Waals surface area contributed by atoms with Crippen molar-refractivity contribution in [2.45, 2.75) is 56.4 Å². The Morgan fingerprint density at radius 2 is 1.03 bits per heavy atom. The van der Waals surface area contributed by atoms with Crippen LogP contribution in [0.3, 0.4) is 0 Å². The maximum absolute atomic E-state index is 2.56. The molecule has 0 nitrogen and oxygen atoms in total. The van der Waals surface area contributed by atoms with Crippen LogP contribution in [0.4, 0.5) is 0 Å². The van der Waals surface area contributed by atoms with Crippen LogP contribution < -0.4 is 10.9 Å². The number of rotatable bonds is 5. The van der Waals surface area contributed by atoms with Gasteiger partial charge in [0.2, 0.25) is 0 Å². The van der Waals surface area contributed by atoms with Gasteiger partial charge < -0.3 is 0 Å². The average Bonchev–Trinajstić information content (AvgIpc) is 2.63. The molecular formula is C29H37BSn. The fourth-order valence-electron chi connectivity index (χ4n) is 5.21. The van der Waals surface area contributed by atoms with E-state index in [4.69, 9.17) is 0 Å². The molecule has 160 valence electrons. The maximum atomic E-state index is 2.56. The van der Waals surface area contributed by atoms with Crippen LogP contribution >= 0.6 is 0 Å².